The molecular weight excluding hydrogens is 324 g/mol. The lowest BCUT2D eigenvalue weighted by Gasteiger charge is -2.25. The van der Waals surface area contributed by atoms with Gasteiger partial charge in [-0.15, -0.1) is 0 Å². The lowest BCUT2D eigenvalue weighted by atomic mass is 10.2. The number of hydrogen-bond acceptors (Lipinski definition) is 6. The van der Waals surface area contributed by atoms with Crippen LogP contribution in [0.5, 0.6) is 0 Å². The molecule has 7 nitrogen and oxygen atoms in total. The summed E-state index contributed by atoms with van der Waals surface area (Å²) in [5.41, 5.74) is 0.311. The Morgan fingerprint density at radius 2 is 1.88 bits per heavy atom. The van der Waals surface area contributed by atoms with Crippen LogP contribution in [0.4, 0.5) is 4.79 Å². The maximum atomic E-state index is 12.0. The molecule has 0 saturated carbocycles. The molecule has 0 aromatic heterocycles. The van der Waals surface area contributed by atoms with E-state index < -0.39 is 23.7 Å². The molecule has 0 aliphatic heterocycles. The molecular formula is C18H28N2O5. The number of benzene rings is 1. The number of aliphatic hydroxyl groups excluding tert-OH is 1. The molecule has 0 heterocycles. The molecule has 140 valence electrons. The van der Waals surface area contributed by atoms with Gasteiger partial charge in [0.25, 0.3) is 0 Å². The van der Waals surface area contributed by atoms with Crippen LogP contribution in [0.2, 0.25) is 0 Å². The highest BCUT2D eigenvalue weighted by Gasteiger charge is 2.21. The fourth-order valence-corrected chi connectivity index (χ4v) is 1.89. The first-order valence-corrected chi connectivity index (χ1v) is 8.22. The molecule has 1 amide bonds. The van der Waals surface area contributed by atoms with Gasteiger partial charge in [0.05, 0.1) is 6.61 Å². The van der Waals surface area contributed by atoms with Gasteiger partial charge in [0.1, 0.15) is 18.2 Å². The predicted octanol–water partition coefficient (Wildman–Crippen LogP) is 1.55. The number of nitrogens with zero attached hydrogens (tertiary/aromatic N) is 1. The number of hydrogen-bond donors (Lipinski definition) is 2. The smallest absolute Gasteiger partial charge is 0.410 e. The van der Waals surface area contributed by atoms with Gasteiger partial charge in [-0.25, -0.2) is 4.79 Å². The van der Waals surface area contributed by atoms with Crippen LogP contribution in [0.25, 0.3) is 0 Å². The van der Waals surface area contributed by atoms with Crippen molar-refractivity contribution >= 4 is 12.1 Å². The molecule has 0 fully saturated rings. The van der Waals surface area contributed by atoms with E-state index in [-0.39, 0.29) is 13.2 Å². The van der Waals surface area contributed by atoms with Gasteiger partial charge < -0.3 is 24.8 Å². The van der Waals surface area contributed by atoms with Crippen LogP contribution in [0.1, 0.15) is 26.3 Å². The minimum Gasteiger partial charge on any atom is -0.460 e. The molecule has 0 aliphatic carbocycles. The number of likely N-dealkylation sites (N-methyl/N-ethyl adjacent to an activating group) is 1. The van der Waals surface area contributed by atoms with Crippen molar-refractivity contribution in [2.75, 3.05) is 26.7 Å². The van der Waals surface area contributed by atoms with Gasteiger partial charge in [0, 0.05) is 20.1 Å². The predicted molar refractivity (Wildman–Crippen MR) is 94.0 cm³/mol. The molecule has 1 unspecified atom stereocenters. The number of aliphatic hydroxyl groups is 1. The van der Waals surface area contributed by atoms with Crippen LogP contribution < -0.4 is 5.32 Å². The van der Waals surface area contributed by atoms with E-state index in [0.29, 0.717) is 13.1 Å². The normalized spacial score (nSPS) is 12.4. The Labute approximate surface area is 148 Å². The number of carbonyl (C=O) groups excluding carboxylic acids is 2. The van der Waals surface area contributed by atoms with E-state index in [0.717, 1.165) is 5.56 Å². The zero-order valence-electron chi connectivity index (χ0n) is 15.3. The quantitative estimate of drug-likeness (QED) is 0.690. The fraction of sp³-hybridized carbons (Fsp3) is 0.556. The van der Waals surface area contributed by atoms with Crippen molar-refractivity contribution in [2.24, 2.45) is 0 Å². The largest absolute Gasteiger partial charge is 0.460 e. The standard InChI is InChI=1S/C18H28N2O5/c1-18(2,3)25-17(23)20(4)11-10-19-15(12-21)16(22)24-13-14-8-6-5-7-9-14/h5-9,15,19,21H,10-13H2,1-4H3. The van der Waals surface area contributed by atoms with Crippen LogP contribution in [0.3, 0.4) is 0 Å². The number of ether oxygens (including phenoxy) is 2. The maximum Gasteiger partial charge on any atom is 0.410 e. The van der Waals surface area contributed by atoms with Gasteiger partial charge >= 0.3 is 12.1 Å². The van der Waals surface area contributed by atoms with E-state index >= 15 is 0 Å². The van der Waals surface area contributed by atoms with Crippen molar-refractivity contribution in [1.82, 2.24) is 10.2 Å². The van der Waals surface area contributed by atoms with Crippen LogP contribution >= 0.6 is 0 Å². The summed E-state index contributed by atoms with van der Waals surface area (Å²) in [6, 6.07) is 8.46. The topological polar surface area (TPSA) is 88.1 Å². The Morgan fingerprint density at radius 3 is 2.44 bits per heavy atom. The summed E-state index contributed by atoms with van der Waals surface area (Å²) < 4.78 is 10.4. The zero-order chi connectivity index (χ0) is 18.9. The van der Waals surface area contributed by atoms with Crippen molar-refractivity contribution in [3.05, 3.63) is 35.9 Å². The summed E-state index contributed by atoms with van der Waals surface area (Å²) in [5.74, 6) is -0.536. The SMILES string of the molecule is CN(CCNC(CO)C(=O)OCc1ccccc1)C(=O)OC(C)(C)C. The van der Waals surface area contributed by atoms with Crippen molar-refractivity contribution < 1.29 is 24.2 Å². The van der Waals surface area contributed by atoms with Gasteiger partial charge in [-0.1, -0.05) is 30.3 Å². The van der Waals surface area contributed by atoms with Crippen LogP contribution in [-0.2, 0) is 20.9 Å². The Morgan fingerprint density at radius 1 is 1.24 bits per heavy atom. The zero-order valence-corrected chi connectivity index (χ0v) is 15.3. The van der Waals surface area contributed by atoms with Crippen molar-refractivity contribution in [1.29, 1.82) is 0 Å². The van der Waals surface area contributed by atoms with Gasteiger partial charge in [-0.2, -0.15) is 0 Å². The lowest BCUT2D eigenvalue weighted by molar-refractivity contribution is -0.148. The van der Waals surface area contributed by atoms with Crippen LogP contribution in [0, 0.1) is 0 Å². The molecule has 0 spiro atoms. The van der Waals surface area contributed by atoms with Crippen molar-refractivity contribution in [3.8, 4) is 0 Å². The summed E-state index contributed by atoms with van der Waals surface area (Å²) >= 11 is 0. The Balaban J connectivity index is 2.35. The number of rotatable bonds is 8. The molecule has 0 aliphatic rings. The first-order chi connectivity index (χ1) is 11.7. The number of amides is 1. The molecule has 1 rings (SSSR count). The summed E-state index contributed by atoms with van der Waals surface area (Å²) in [5, 5.41) is 12.2. The Hall–Kier alpha value is -2.12. The first-order valence-electron chi connectivity index (χ1n) is 8.22. The number of nitrogens with one attached hydrogen (secondary N) is 1. The maximum absolute atomic E-state index is 12.0. The van der Waals surface area contributed by atoms with Crippen molar-refractivity contribution in [2.45, 2.75) is 39.0 Å². The average Bonchev–Trinajstić information content (AvgIpc) is 2.55. The number of esters is 1. The van der Waals surface area contributed by atoms with E-state index in [2.05, 4.69) is 5.32 Å². The summed E-state index contributed by atoms with van der Waals surface area (Å²) in [7, 11) is 1.61. The van der Waals surface area contributed by atoms with E-state index in [9.17, 15) is 14.7 Å². The molecule has 25 heavy (non-hydrogen) atoms. The molecule has 1 aromatic carbocycles. The highest BCUT2D eigenvalue weighted by molar-refractivity contribution is 5.76. The molecule has 0 bridgehead atoms. The fourth-order valence-electron chi connectivity index (χ4n) is 1.89. The van der Waals surface area contributed by atoms with Gasteiger partial charge in [-0.05, 0) is 26.3 Å². The van der Waals surface area contributed by atoms with Gasteiger partial charge in [0.2, 0.25) is 0 Å². The van der Waals surface area contributed by atoms with Gasteiger partial charge in [-0.3, -0.25) is 4.79 Å². The third-order valence-corrected chi connectivity index (χ3v) is 3.23. The highest BCUT2D eigenvalue weighted by Crippen LogP contribution is 2.08. The third-order valence-electron chi connectivity index (χ3n) is 3.23. The highest BCUT2D eigenvalue weighted by atomic mass is 16.6. The second-order valence-corrected chi connectivity index (χ2v) is 6.68. The van der Waals surface area contributed by atoms with Crippen LogP contribution in [-0.4, -0.2) is 60.5 Å². The summed E-state index contributed by atoms with van der Waals surface area (Å²) in [6.45, 7) is 5.79. The summed E-state index contributed by atoms with van der Waals surface area (Å²) in [6.07, 6.45) is -0.443. The number of carbonyl (C=O) groups is 2. The monoisotopic (exact) mass is 352 g/mol. The molecule has 7 heteroatoms. The average molecular weight is 352 g/mol. The van der Waals surface area contributed by atoms with E-state index in [4.69, 9.17) is 9.47 Å². The van der Waals surface area contributed by atoms with Crippen molar-refractivity contribution in [3.63, 3.8) is 0 Å². The van der Waals surface area contributed by atoms with E-state index in [1.165, 1.54) is 4.90 Å². The minimum atomic E-state index is -0.837. The molecule has 1 aromatic rings. The third kappa shape index (κ3) is 8.51. The molecule has 2 N–H and O–H groups in total. The Kier molecular flexibility index (Phi) is 8.37. The summed E-state index contributed by atoms with van der Waals surface area (Å²) in [4.78, 5) is 25.2. The molecule has 0 saturated heterocycles. The van der Waals surface area contributed by atoms with Crippen LogP contribution in [0.15, 0.2) is 30.3 Å². The molecule has 0 radical (unpaired) electrons. The second-order valence-electron chi connectivity index (χ2n) is 6.68. The second kappa shape index (κ2) is 10.0. The van der Waals surface area contributed by atoms with E-state index in [1.54, 1.807) is 27.8 Å². The Bertz CT molecular complexity index is 542. The first kappa shape index (κ1) is 20.9. The van der Waals surface area contributed by atoms with Gasteiger partial charge in [0.15, 0.2) is 0 Å². The minimum absolute atomic E-state index is 0.148. The van der Waals surface area contributed by atoms with E-state index in [1.807, 2.05) is 30.3 Å². The molecule has 1 atom stereocenters. The lowest BCUT2D eigenvalue weighted by Crippen LogP contribution is -2.45.